The zero-order chi connectivity index (χ0) is 29.4. The summed E-state index contributed by atoms with van der Waals surface area (Å²) in [6.45, 7) is -1.50. The third-order valence-electron chi connectivity index (χ3n) is 5.61. The smallest absolute Gasteiger partial charge is 0.355 e. The summed E-state index contributed by atoms with van der Waals surface area (Å²) in [5, 5.41) is 9.61. The number of hydrogen-bond donors (Lipinski definition) is 2. The number of rotatable bonds is 9. The van der Waals surface area contributed by atoms with Gasteiger partial charge in [0.15, 0.2) is 28.4 Å². The van der Waals surface area contributed by atoms with Gasteiger partial charge in [-0.15, -0.1) is 0 Å². The normalized spacial score (nSPS) is 11.5. The molecule has 0 spiro atoms. The number of hydrogen-bond acceptors (Lipinski definition) is 9. The number of aryl methyl sites for hydroxylation is 1. The number of fused-ring (bicyclic) bond motifs is 1. The van der Waals surface area contributed by atoms with Crippen molar-refractivity contribution >= 4 is 49.9 Å². The van der Waals surface area contributed by atoms with Crippen molar-refractivity contribution in [2.75, 3.05) is 17.2 Å². The summed E-state index contributed by atoms with van der Waals surface area (Å²) in [6, 6.07) is 4.34. The Hall–Kier alpha value is -4.38. The van der Waals surface area contributed by atoms with Gasteiger partial charge in [0.1, 0.15) is 6.33 Å². The standard InChI is InChI=1S/C23H17ClF5N9O2S/c1-36-9-31-18(35-36)8-38-22(39)34-20(37(23(38)40)7-10-2-12(25)19(29)13(26)3-10)32-14-5-16-15(4-11(14)24)33-21(41-16)30-6-17(27)28/h2-5,9,17H,6-8H2,1H3,(H,30,33)(H,32,34,39). The van der Waals surface area contributed by atoms with Crippen LogP contribution in [-0.2, 0) is 20.1 Å². The third-order valence-corrected chi connectivity index (χ3v) is 6.90. The Kier molecular flexibility index (Phi) is 7.72. The Morgan fingerprint density at radius 2 is 1.76 bits per heavy atom. The van der Waals surface area contributed by atoms with Crippen molar-refractivity contribution in [3.05, 3.63) is 85.4 Å². The van der Waals surface area contributed by atoms with Gasteiger partial charge in [0.05, 0.1) is 40.6 Å². The second-order valence-electron chi connectivity index (χ2n) is 8.60. The molecule has 11 nitrogen and oxygen atoms in total. The van der Waals surface area contributed by atoms with Crippen LogP contribution in [0.5, 0.6) is 0 Å². The van der Waals surface area contributed by atoms with E-state index in [1.807, 2.05) is 0 Å². The summed E-state index contributed by atoms with van der Waals surface area (Å²) in [5.41, 5.74) is -1.54. The number of aromatic nitrogens is 7. The van der Waals surface area contributed by atoms with Crippen LogP contribution in [0, 0.1) is 17.5 Å². The molecular formula is C23H17ClF5N9O2S. The number of benzene rings is 2. The molecule has 214 valence electrons. The highest BCUT2D eigenvalue weighted by Gasteiger charge is 2.19. The Balaban J connectivity index is 1.58. The first-order chi connectivity index (χ1) is 19.5. The number of nitrogens with zero attached hydrogens (tertiary/aromatic N) is 7. The van der Waals surface area contributed by atoms with Crippen LogP contribution in [0.3, 0.4) is 0 Å². The largest absolute Gasteiger partial charge is 0.356 e. The minimum atomic E-state index is -2.59. The van der Waals surface area contributed by atoms with E-state index in [-0.39, 0.29) is 39.7 Å². The van der Waals surface area contributed by atoms with E-state index in [1.165, 1.54) is 23.1 Å². The second-order valence-corrected chi connectivity index (χ2v) is 10.0. The van der Waals surface area contributed by atoms with Crippen LogP contribution in [0.25, 0.3) is 10.2 Å². The molecule has 2 aromatic carbocycles. The monoisotopic (exact) mass is 613 g/mol. The molecule has 18 heteroatoms. The minimum Gasteiger partial charge on any atom is -0.356 e. The average Bonchev–Trinajstić information content (AvgIpc) is 3.51. The fourth-order valence-electron chi connectivity index (χ4n) is 3.79. The Morgan fingerprint density at radius 1 is 1.02 bits per heavy atom. The van der Waals surface area contributed by atoms with E-state index in [0.717, 1.165) is 15.9 Å². The number of anilines is 3. The first-order valence-corrected chi connectivity index (χ1v) is 12.8. The van der Waals surface area contributed by atoms with Crippen LogP contribution >= 0.6 is 22.9 Å². The van der Waals surface area contributed by atoms with Crippen LogP contribution in [0.4, 0.5) is 38.7 Å². The maximum absolute atomic E-state index is 13.9. The summed E-state index contributed by atoms with van der Waals surface area (Å²) in [7, 11) is 1.59. The zero-order valence-corrected chi connectivity index (χ0v) is 22.3. The molecule has 2 N–H and O–H groups in total. The number of alkyl halides is 2. The van der Waals surface area contributed by atoms with Gasteiger partial charge in [0.25, 0.3) is 6.43 Å². The topological polar surface area (TPSA) is 125 Å². The average molecular weight is 614 g/mol. The van der Waals surface area contributed by atoms with Crippen molar-refractivity contribution < 1.29 is 22.0 Å². The molecule has 0 fully saturated rings. The fraction of sp³-hybridized carbons (Fsp3) is 0.217. The zero-order valence-electron chi connectivity index (χ0n) is 20.7. The van der Waals surface area contributed by atoms with Crippen LogP contribution in [0.1, 0.15) is 11.4 Å². The molecule has 5 rings (SSSR count). The molecule has 41 heavy (non-hydrogen) atoms. The molecule has 0 saturated heterocycles. The molecule has 0 bridgehead atoms. The van der Waals surface area contributed by atoms with E-state index in [9.17, 15) is 31.5 Å². The first kappa shape index (κ1) is 28.2. The van der Waals surface area contributed by atoms with Gasteiger partial charge in [0.2, 0.25) is 5.95 Å². The molecule has 0 radical (unpaired) electrons. The minimum absolute atomic E-state index is 0.0738. The van der Waals surface area contributed by atoms with Gasteiger partial charge in [-0.25, -0.2) is 46.1 Å². The number of halogens is 6. The maximum Gasteiger partial charge on any atom is 0.355 e. The molecule has 0 aliphatic rings. The summed E-state index contributed by atoms with van der Waals surface area (Å²) in [5.74, 6) is -4.87. The van der Waals surface area contributed by atoms with Gasteiger partial charge < -0.3 is 10.6 Å². The van der Waals surface area contributed by atoms with E-state index in [4.69, 9.17) is 11.6 Å². The van der Waals surface area contributed by atoms with Gasteiger partial charge >= 0.3 is 11.4 Å². The lowest BCUT2D eigenvalue weighted by Gasteiger charge is -2.16. The molecular weight excluding hydrogens is 597 g/mol. The molecule has 3 aromatic heterocycles. The fourth-order valence-corrected chi connectivity index (χ4v) is 4.89. The number of nitrogens with one attached hydrogen (secondary N) is 2. The Morgan fingerprint density at radius 3 is 2.41 bits per heavy atom. The van der Waals surface area contributed by atoms with Crippen molar-refractivity contribution in [1.82, 2.24) is 33.9 Å². The molecule has 3 heterocycles. The lowest BCUT2D eigenvalue weighted by molar-refractivity contribution is 0.163. The van der Waals surface area contributed by atoms with Gasteiger partial charge in [0, 0.05) is 7.05 Å². The quantitative estimate of drug-likeness (QED) is 0.190. The predicted molar refractivity (Wildman–Crippen MR) is 141 cm³/mol. The Labute approximate surface area is 234 Å². The van der Waals surface area contributed by atoms with Gasteiger partial charge in [-0.1, -0.05) is 22.9 Å². The second kappa shape index (κ2) is 11.2. The van der Waals surface area contributed by atoms with Crippen molar-refractivity contribution in [2.24, 2.45) is 7.05 Å². The summed E-state index contributed by atoms with van der Waals surface area (Å²) < 4.78 is 70.1. The van der Waals surface area contributed by atoms with Gasteiger partial charge in [-0.3, -0.25) is 9.25 Å². The van der Waals surface area contributed by atoms with Gasteiger partial charge in [-0.05, 0) is 29.8 Å². The van der Waals surface area contributed by atoms with Crippen molar-refractivity contribution in [3.8, 4) is 0 Å². The van der Waals surface area contributed by atoms with Crippen LogP contribution in [0.2, 0.25) is 5.02 Å². The van der Waals surface area contributed by atoms with Gasteiger partial charge in [-0.2, -0.15) is 10.1 Å². The van der Waals surface area contributed by atoms with E-state index in [2.05, 4.69) is 30.7 Å². The molecule has 0 unspecified atom stereocenters. The molecule has 0 aliphatic carbocycles. The van der Waals surface area contributed by atoms with E-state index < -0.39 is 48.3 Å². The summed E-state index contributed by atoms with van der Waals surface area (Å²) >= 11 is 7.44. The van der Waals surface area contributed by atoms with Crippen LogP contribution in [0.15, 0.2) is 40.2 Å². The SMILES string of the molecule is Cn1cnc(Cn2c(=O)nc(Nc3cc4sc(NCC(F)F)nc4cc3Cl)n(Cc3cc(F)c(F)c(F)c3)c2=O)n1. The molecule has 0 amide bonds. The molecule has 5 aromatic rings. The lowest BCUT2D eigenvalue weighted by atomic mass is 10.2. The predicted octanol–water partition coefficient (Wildman–Crippen LogP) is 3.73. The van der Waals surface area contributed by atoms with Crippen LogP contribution < -0.4 is 22.0 Å². The highest BCUT2D eigenvalue weighted by molar-refractivity contribution is 7.22. The molecule has 0 saturated carbocycles. The van der Waals surface area contributed by atoms with E-state index >= 15 is 0 Å². The highest BCUT2D eigenvalue weighted by atomic mass is 35.5. The third kappa shape index (κ3) is 6.04. The molecule has 0 atom stereocenters. The molecule has 0 aliphatic heterocycles. The van der Waals surface area contributed by atoms with Crippen LogP contribution in [-0.4, -0.2) is 46.8 Å². The number of thiazole rings is 1. The Bertz CT molecular complexity index is 1860. The lowest BCUT2D eigenvalue weighted by Crippen LogP contribution is -2.43. The summed E-state index contributed by atoms with van der Waals surface area (Å²) in [6.07, 6.45) is -1.23. The van der Waals surface area contributed by atoms with E-state index in [0.29, 0.717) is 26.9 Å². The van der Waals surface area contributed by atoms with Crippen molar-refractivity contribution in [3.63, 3.8) is 0 Å². The highest BCUT2D eigenvalue weighted by Crippen LogP contribution is 2.34. The maximum atomic E-state index is 13.9. The van der Waals surface area contributed by atoms with Crippen molar-refractivity contribution in [2.45, 2.75) is 19.5 Å². The van der Waals surface area contributed by atoms with Crippen molar-refractivity contribution in [1.29, 1.82) is 0 Å². The first-order valence-electron chi connectivity index (χ1n) is 11.6. The summed E-state index contributed by atoms with van der Waals surface area (Å²) in [4.78, 5) is 38.5. The van der Waals surface area contributed by atoms with E-state index in [1.54, 1.807) is 7.05 Å².